The van der Waals surface area contributed by atoms with E-state index in [0.29, 0.717) is 0 Å². The van der Waals surface area contributed by atoms with E-state index in [1.54, 1.807) is 0 Å². The lowest BCUT2D eigenvalue weighted by Crippen LogP contribution is -2.05. The van der Waals surface area contributed by atoms with Crippen LogP contribution in [-0.2, 0) is 11.2 Å². The summed E-state index contributed by atoms with van der Waals surface area (Å²) in [5.74, 6) is -0.0223. The molecule has 0 bridgehead atoms. The highest BCUT2D eigenvalue weighted by molar-refractivity contribution is 5.88. The molecule has 0 aromatic heterocycles. The first-order valence-electron chi connectivity index (χ1n) is 4.40. The molecule has 2 nitrogen and oxygen atoms in total. The Hall–Kier alpha value is -1.31. The van der Waals surface area contributed by atoms with Crippen molar-refractivity contribution in [2.45, 2.75) is 19.8 Å². The van der Waals surface area contributed by atoms with Gasteiger partial charge in [0.1, 0.15) is 0 Å². The molecule has 2 rings (SSSR count). The number of fused-ring (bicyclic) bond motifs is 1. The highest BCUT2D eigenvalue weighted by Crippen LogP contribution is 2.26. The first-order valence-corrected chi connectivity index (χ1v) is 4.40. The fourth-order valence-corrected chi connectivity index (χ4v) is 1.59. The number of rotatable bonds is 1. The molecule has 0 heterocycles. The number of anilines is 1. The van der Waals surface area contributed by atoms with Crippen molar-refractivity contribution in [3.8, 4) is 0 Å². The van der Waals surface area contributed by atoms with Crippen LogP contribution in [0.15, 0.2) is 18.2 Å². The van der Waals surface area contributed by atoms with Crippen LogP contribution in [0.4, 0.5) is 5.69 Å². The molecule has 0 unspecified atom stereocenters. The zero-order valence-corrected chi connectivity index (χ0v) is 7.55. The third-order valence-corrected chi connectivity index (χ3v) is 2.14. The molecule has 0 saturated heterocycles. The van der Waals surface area contributed by atoms with Gasteiger partial charge in [-0.05, 0) is 36.1 Å². The number of carbonyl (C=O) groups excluding carboxylic acids is 1. The molecule has 1 amide bonds. The van der Waals surface area contributed by atoms with E-state index in [4.69, 9.17) is 0 Å². The summed E-state index contributed by atoms with van der Waals surface area (Å²) in [4.78, 5) is 10.8. The summed E-state index contributed by atoms with van der Waals surface area (Å²) in [6.45, 7) is 1.52. The van der Waals surface area contributed by atoms with Crippen LogP contribution in [0.25, 0.3) is 0 Å². The first-order chi connectivity index (χ1) is 6.25. The van der Waals surface area contributed by atoms with E-state index < -0.39 is 0 Å². The molecule has 0 atom stereocenters. The van der Waals surface area contributed by atoms with Gasteiger partial charge in [-0.15, -0.1) is 0 Å². The van der Waals surface area contributed by atoms with Gasteiger partial charge in [0.2, 0.25) is 5.91 Å². The maximum atomic E-state index is 10.8. The van der Waals surface area contributed by atoms with Gasteiger partial charge < -0.3 is 5.32 Å². The van der Waals surface area contributed by atoms with Crippen LogP contribution in [0.2, 0.25) is 0 Å². The Morgan fingerprint density at radius 2 is 2.38 bits per heavy atom. The molecular formula is C11H11NO. The van der Waals surface area contributed by atoms with Crippen molar-refractivity contribution in [2.75, 3.05) is 5.32 Å². The monoisotopic (exact) mass is 173 g/mol. The van der Waals surface area contributed by atoms with E-state index >= 15 is 0 Å². The van der Waals surface area contributed by atoms with Crippen LogP contribution in [0, 0.1) is 6.42 Å². The Bertz CT molecular complexity index is 344. The number of amides is 1. The second kappa shape index (κ2) is 3.21. The van der Waals surface area contributed by atoms with E-state index in [0.717, 1.165) is 18.5 Å². The predicted molar refractivity (Wildman–Crippen MR) is 51.4 cm³/mol. The molecule has 1 aromatic carbocycles. The molecule has 0 saturated carbocycles. The van der Waals surface area contributed by atoms with Crippen LogP contribution in [0.5, 0.6) is 0 Å². The lowest BCUT2D eigenvalue weighted by atomic mass is 10.1. The van der Waals surface area contributed by atoms with Crippen molar-refractivity contribution in [2.24, 2.45) is 0 Å². The summed E-state index contributed by atoms with van der Waals surface area (Å²) in [5.41, 5.74) is 3.36. The smallest absolute Gasteiger partial charge is 0.221 e. The van der Waals surface area contributed by atoms with Gasteiger partial charge in [0.15, 0.2) is 0 Å². The topological polar surface area (TPSA) is 29.1 Å². The Morgan fingerprint density at radius 1 is 1.54 bits per heavy atom. The third kappa shape index (κ3) is 1.72. The van der Waals surface area contributed by atoms with Crippen LogP contribution >= 0.6 is 0 Å². The number of hydrogen-bond acceptors (Lipinski definition) is 1. The fraction of sp³-hybridized carbons (Fsp3) is 0.273. The molecule has 1 aliphatic carbocycles. The Balaban J connectivity index is 2.25. The van der Waals surface area contributed by atoms with Crippen molar-refractivity contribution in [1.29, 1.82) is 0 Å². The molecule has 1 aliphatic rings. The van der Waals surface area contributed by atoms with Gasteiger partial charge in [0.25, 0.3) is 0 Å². The van der Waals surface area contributed by atoms with E-state index in [-0.39, 0.29) is 5.91 Å². The molecule has 1 aromatic rings. The summed E-state index contributed by atoms with van der Waals surface area (Å²) < 4.78 is 0. The molecule has 13 heavy (non-hydrogen) atoms. The number of aryl methyl sites for hydroxylation is 1. The van der Waals surface area contributed by atoms with Crippen LogP contribution < -0.4 is 5.32 Å². The van der Waals surface area contributed by atoms with Crippen LogP contribution in [0.3, 0.4) is 0 Å². The minimum atomic E-state index is -0.0223. The van der Waals surface area contributed by atoms with E-state index in [2.05, 4.69) is 11.7 Å². The van der Waals surface area contributed by atoms with E-state index in [9.17, 15) is 4.79 Å². The maximum Gasteiger partial charge on any atom is 0.221 e. The Labute approximate surface area is 78.0 Å². The molecule has 0 spiro atoms. The summed E-state index contributed by atoms with van der Waals surface area (Å²) >= 11 is 0. The van der Waals surface area contributed by atoms with Gasteiger partial charge in [0.05, 0.1) is 0 Å². The highest BCUT2D eigenvalue weighted by Gasteiger charge is 2.11. The van der Waals surface area contributed by atoms with Gasteiger partial charge in [-0.1, -0.05) is 6.07 Å². The summed E-state index contributed by atoms with van der Waals surface area (Å²) in [6.07, 6.45) is 5.31. The highest BCUT2D eigenvalue weighted by atomic mass is 16.1. The number of benzene rings is 1. The van der Waals surface area contributed by atoms with E-state index in [1.807, 2.05) is 18.2 Å². The molecule has 0 aliphatic heterocycles. The van der Waals surface area contributed by atoms with Gasteiger partial charge in [-0.25, -0.2) is 0 Å². The molecule has 2 heteroatoms. The summed E-state index contributed by atoms with van der Waals surface area (Å²) in [5, 5.41) is 2.77. The van der Waals surface area contributed by atoms with Gasteiger partial charge in [-0.3, -0.25) is 4.79 Å². The lowest BCUT2D eigenvalue weighted by Gasteiger charge is -2.04. The lowest BCUT2D eigenvalue weighted by molar-refractivity contribution is -0.114. The van der Waals surface area contributed by atoms with Crippen molar-refractivity contribution >= 4 is 11.6 Å². The average Bonchev–Trinajstić information content (AvgIpc) is 2.49. The normalized spacial score (nSPS) is 13.9. The molecule has 66 valence electrons. The zero-order chi connectivity index (χ0) is 9.26. The van der Waals surface area contributed by atoms with Crippen molar-refractivity contribution in [3.63, 3.8) is 0 Å². The SMILES string of the molecule is CC(=O)Nc1ccc2c(c1)CC[C]2. The quantitative estimate of drug-likeness (QED) is 0.691. The third-order valence-electron chi connectivity index (χ3n) is 2.14. The Kier molecular flexibility index (Phi) is 2.05. The predicted octanol–water partition coefficient (Wildman–Crippen LogP) is 2.02. The summed E-state index contributed by atoms with van der Waals surface area (Å²) in [7, 11) is 0. The molecule has 2 radical (unpaired) electrons. The largest absolute Gasteiger partial charge is 0.326 e. The molecule has 1 N–H and O–H groups in total. The van der Waals surface area contributed by atoms with Crippen LogP contribution in [0.1, 0.15) is 24.5 Å². The van der Waals surface area contributed by atoms with Gasteiger partial charge in [-0.2, -0.15) is 0 Å². The number of carbonyl (C=O) groups is 1. The number of nitrogens with one attached hydrogen (secondary N) is 1. The van der Waals surface area contributed by atoms with Crippen molar-refractivity contribution < 1.29 is 4.79 Å². The second-order valence-electron chi connectivity index (χ2n) is 3.23. The standard InChI is InChI=1S/C11H11NO/c1-8(13)12-11-6-5-9-3-2-4-10(9)7-11/h5-7H,2,4H2,1H3,(H,12,13). The minimum Gasteiger partial charge on any atom is -0.326 e. The van der Waals surface area contributed by atoms with E-state index in [1.165, 1.54) is 18.1 Å². The van der Waals surface area contributed by atoms with Crippen LogP contribution in [-0.4, -0.2) is 5.91 Å². The van der Waals surface area contributed by atoms with Crippen molar-refractivity contribution in [3.05, 3.63) is 35.7 Å². The van der Waals surface area contributed by atoms with Crippen molar-refractivity contribution in [1.82, 2.24) is 0 Å². The minimum absolute atomic E-state index is 0.0223. The Morgan fingerprint density at radius 3 is 3.15 bits per heavy atom. The molecular weight excluding hydrogens is 162 g/mol. The van der Waals surface area contributed by atoms with Gasteiger partial charge >= 0.3 is 0 Å². The zero-order valence-electron chi connectivity index (χ0n) is 7.55. The first kappa shape index (κ1) is 8.30. The van der Waals surface area contributed by atoms with Gasteiger partial charge in [0, 0.05) is 19.0 Å². The second-order valence-corrected chi connectivity index (χ2v) is 3.23. The maximum absolute atomic E-state index is 10.8. The number of hydrogen-bond donors (Lipinski definition) is 1. The average molecular weight is 173 g/mol. The summed E-state index contributed by atoms with van der Waals surface area (Å²) in [6, 6.07) is 5.95. The molecule has 0 fully saturated rings. The fourth-order valence-electron chi connectivity index (χ4n) is 1.59.